The van der Waals surface area contributed by atoms with Crippen molar-refractivity contribution in [3.8, 4) is 0 Å². The molecule has 12 nitrogen and oxygen atoms in total. The van der Waals surface area contributed by atoms with Crippen molar-refractivity contribution in [2.24, 2.45) is 7.05 Å². The fraction of sp³-hybridized carbons (Fsp3) is 0.353. The molecule has 1 fully saturated rings. The Bertz CT molecular complexity index is 1230. The Labute approximate surface area is 232 Å². The monoisotopic (exact) mass is 553 g/mol. The quantitative estimate of drug-likeness (QED) is 0.203. The Morgan fingerprint density at radius 2 is 1.97 bits per heavy atom. The van der Waals surface area contributed by atoms with Gasteiger partial charge in [0.2, 0.25) is 16.5 Å². The van der Waals surface area contributed by atoms with Crippen LogP contribution in [0.3, 0.4) is 0 Å². The van der Waals surface area contributed by atoms with Crippen molar-refractivity contribution in [2.75, 3.05) is 11.5 Å². The van der Waals surface area contributed by atoms with Gasteiger partial charge in [-0.3, -0.25) is 19.3 Å². The van der Waals surface area contributed by atoms with Gasteiger partial charge >= 0.3 is 29.6 Å². The average molecular weight is 554 g/mol. The summed E-state index contributed by atoms with van der Waals surface area (Å²) in [5.74, 6) is -1.97. The number of hydrogen-bond acceptors (Lipinski definition) is 10. The summed E-state index contributed by atoms with van der Waals surface area (Å²) in [7, 11) is 1.66. The number of fused-ring (bicyclic) bond motifs is 1. The standard InChI is InChI=1S/C17H15Cl2N7O5S2.Na/c1-24-17(21-22-23-24)33-6-7-5-32-15-11(14(29)26(15)12(7)16(30)31)20-10(27)4-25-2-8(18)13(28)9(19)3-25;/h2-3,11,15H,4-6H2,1H3,(H,20,27)(H,30,31);/q;+1/p-1/t11-,15+;/m0./s1. The molecule has 4 heterocycles. The number of thioether (sulfide) groups is 2. The van der Waals surface area contributed by atoms with Crippen LogP contribution in [-0.2, 0) is 28.0 Å². The van der Waals surface area contributed by atoms with Crippen molar-refractivity contribution < 1.29 is 49.0 Å². The van der Waals surface area contributed by atoms with E-state index in [9.17, 15) is 24.3 Å². The number of carbonyl (C=O) groups is 3. The third kappa shape index (κ3) is 5.32. The number of hydrogen-bond donors (Lipinski definition) is 1. The predicted molar refractivity (Wildman–Crippen MR) is 117 cm³/mol. The molecule has 34 heavy (non-hydrogen) atoms. The molecule has 0 unspecified atom stereocenters. The van der Waals surface area contributed by atoms with Gasteiger partial charge in [0.25, 0.3) is 5.91 Å². The van der Waals surface area contributed by atoms with Gasteiger partial charge in [0, 0.05) is 30.9 Å². The molecule has 1 N–H and O–H groups in total. The van der Waals surface area contributed by atoms with Crippen molar-refractivity contribution in [2.45, 2.75) is 23.1 Å². The number of tetrazole rings is 1. The first-order valence-electron chi connectivity index (χ1n) is 9.25. The molecule has 2 aliphatic heterocycles. The predicted octanol–water partition coefficient (Wildman–Crippen LogP) is -4.12. The van der Waals surface area contributed by atoms with E-state index in [1.807, 2.05) is 0 Å². The second kappa shape index (κ2) is 11.0. The van der Waals surface area contributed by atoms with Crippen LogP contribution < -0.4 is 45.4 Å². The number of nitrogens with zero attached hydrogens (tertiary/aromatic N) is 6. The van der Waals surface area contributed by atoms with Crippen molar-refractivity contribution in [1.82, 2.24) is 35.0 Å². The average Bonchev–Trinajstić information content (AvgIpc) is 3.18. The Hall–Kier alpha value is -1.55. The van der Waals surface area contributed by atoms with Crippen molar-refractivity contribution in [3.05, 3.63) is 43.9 Å². The second-order valence-corrected chi connectivity index (χ2v) is 9.89. The van der Waals surface area contributed by atoms with E-state index in [0.717, 1.165) is 4.90 Å². The molecule has 174 valence electrons. The van der Waals surface area contributed by atoms with E-state index in [-0.39, 0.29) is 57.6 Å². The normalized spacial score (nSPS) is 19.3. The minimum atomic E-state index is -1.47. The van der Waals surface area contributed by atoms with Gasteiger partial charge < -0.3 is 19.8 Å². The maximum atomic E-state index is 12.7. The zero-order valence-corrected chi connectivity index (χ0v) is 22.9. The molecule has 0 saturated carbocycles. The van der Waals surface area contributed by atoms with Gasteiger partial charge in [-0.15, -0.1) is 16.9 Å². The summed E-state index contributed by atoms with van der Waals surface area (Å²) in [4.78, 5) is 49.7. The largest absolute Gasteiger partial charge is 1.00 e. The maximum absolute atomic E-state index is 12.7. The molecule has 2 aromatic rings. The molecule has 17 heteroatoms. The second-order valence-electron chi connectivity index (χ2n) is 7.02. The molecule has 2 aliphatic rings. The number of pyridine rings is 1. The number of aliphatic carboxylic acids is 1. The van der Waals surface area contributed by atoms with E-state index in [1.54, 1.807) is 7.05 Å². The van der Waals surface area contributed by atoms with Crippen LogP contribution >= 0.6 is 46.7 Å². The molecule has 2 amide bonds. The van der Waals surface area contributed by atoms with Crippen molar-refractivity contribution >= 4 is 64.5 Å². The van der Waals surface area contributed by atoms with Crippen LogP contribution in [0.2, 0.25) is 10.0 Å². The van der Waals surface area contributed by atoms with Crippen LogP contribution in [0.15, 0.2) is 33.6 Å². The molecule has 0 aliphatic carbocycles. The van der Waals surface area contributed by atoms with Crippen molar-refractivity contribution in [1.29, 1.82) is 0 Å². The summed E-state index contributed by atoms with van der Waals surface area (Å²) >= 11 is 14.2. The molecular formula is C17H14Cl2N7NaO5S2. The Kier molecular flexibility index (Phi) is 8.76. The Morgan fingerprint density at radius 1 is 1.29 bits per heavy atom. The van der Waals surface area contributed by atoms with Crippen LogP contribution in [0.1, 0.15) is 0 Å². The number of carbonyl (C=O) groups excluding carboxylic acids is 3. The van der Waals surface area contributed by atoms with Gasteiger partial charge in [-0.05, 0) is 16.0 Å². The number of amides is 2. The number of rotatable bonds is 7. The summed E-state index contributed by atoms with van der Waals surface area (Å²) in [6.45, 7) is -0.238. The Balaban J connectivity index is 0.00000324. The van der Waals surface area contributed by atoms with E-state index >= 15 is 0 Å². The van der Waals surface area contributed by atoms with E-state index in [4.69, 9.17) is 23.2 Å². The summed E-state index contributed by atoms with van der Waals surface area (Å²) in [5, 5.41) is 25.1. The first kappa shape index (κ1) is 27.0. The summed E-state index contributed by atoms with van der Waals surface area (Å²) in [6, 6.07) is -0.903. The minimum absolute atomic E-state index is 0. The third-order valence-electron chi connectivity index (χ3n) is 4.83. The number of carboxylic acid groups (broad SMARTS) is 1. The number of aromatic nitrogens is 5. The zero-order valence-electron chi connectivity index (χ0n) is 17.7. The van der Waals surface area contributed by atoms with Crippen LogP contribution in [0, 0.1) is 0 Å². The SMILES string of the molecule is Cn1nnnc1SCC1=C(C(=O)[O-])N2C(=O)[C@H](NC(=O)Cn3cc(Cl)c(=O)c(Cl)c3)[C@H]2SC1.[Na+]. The molecule has 0 bridgehead atoms. The van der Waals surface area contributed by atoms with E-state index in [0.29, 0.717) is 16.5 Å². The zero-order chi connectivity index (χ0) is 23.9. The first-order valence-corrected chi connectivity index (χ1v) is 12.0. The molecule has 2 aromatic heterocycles. The van der Waals surface area contributed by atoms with E-state index < -0.39 is 34.6 Å². The Morgan fingerprint density at radius 3 is 2.56 bits per heavy atom. The molecule has 0 aromatic carbocycles. The van der Waals surface area contributed by atoms with Gasteiger partial charge in [0.15, 0.2) is 0 Å². The van der Waals surface area contributed by atoms with E-state index in [2.05, 4.69) is 20.8 Å². The smallest absolute Gasteiger partial charge is 0.543 e. The molecule has 0 spiro atoms. The van der Waals surface area contributed by atoms with Crippen LogP contribution in [0.4, 0.5) is 0 Å². The van der Waals surface area contributed by atoms with Gasteiger partial charge in [-0.1, -0.05) is 35.0 Å². The number of β-lactam (4-membered cyclic amide) rings is 1. The number of carboxylic acids is 1. The first-order chi connectivity index (χ1) is 15.7. The fourth-order valence-electron chi connectivity index (χ4n) is 3.31. The molecule has 2 atom stereocenters. The number of nitrogens with one attached hydrogen (secondary N) is 1. The molecular weight excluding hydrogens is 540 g/mol. The van der Waals surface area contributed by atoms with Gasteiger partial charge in [0.1, 0.15) is 28.0 Å². The molecule has 0 radical (unpaired) electrons. The summed E-state index contributed by atoms with van der Waals surface area (Å²) in [6.07, 6.45) is 2.51. The summed E-state index contributed by atoms with van der Waals surface area (Å²) in [5.41, 5.74) is -0.250. The van der Waals surface area contributed by atoms with Crippen LogP contribution in [0.25, 0.3) is 0 Å². The van der Waals surface area contributed by atoms with Crippen LogP contribution in [0.5, 0.6) is 0 Å². The van der Waals surface area contributed by atoms with Crippen molar-refractivity contribution in [3.63, 3.8) is 0 Å². The molecule has 1 saturated heterocycles. The topological polar surface area (TPSA) is 155 Å². The third-order valence-corrected chi connectivity index (χ3v) is 7.81. The summed E-state index contributed by atoms with van der Waals surface area (Å²) < 4.78 is 2.77. The minimum Gasteiger partial charge on any atom is -0.543 e. The van der Waals surface area contributed by atoms with E-state index in [1.165, 1.54) is 45.2 Å². The number of aryl methyl sites for hydroxylation is 1. The van der Waals surface area contributed by atoms with Gasteiger partial charge in [0.05, 0.1) is 11.7 Å². The van der Waals surface area contributed by atoms with Crippen LogP contribution in [-0.4, -0.2) is 70.4 Å². The fourth-order valence-corrected chi connectivity index (χ4v) is 6.15. The van der Waals surface area contributed by atoms with Gasteiger partial charge in [-0.25, -0.2) is 4.68 Å². The van der Waals surface area contributed by atoms with Gasteiger partial charge in [-0.2, -0.15) is 0 Å². The maximum Gasteiger partial charge on any atom is 1.00 e. The molecule has 4 rings (SSSR count). The number of halogens is 2.